The Morgan fingerprint density at radius 1 is 0.545 bits per heavy atom. The fourth-order valence-electron chi connectivity index (χ4n) is 5.36. The number of nitrogens with zero attached hydrogens (tertiary/aromatic N) is 4. The third-order valence-electron chi connectivity index (χ3n) is 7.88. The van der Waals surface area contributed by atoms with Crippen LogP contribution in [-0.4, -0.2) is 84.2 Å². The molecule has 0 spiro atoms. The van der Waals surface area contributed by atoms with E-state index >= 15 is 0 Å². The van der Waals surface area contributed by atoms with Gasteiger partial charge in [0, 0.05) is 24.7 Å². The van der Waals surface area contributed by atoms with Crippen molar-refractivity contribution < 1.29 is 10.9 Å². The van der Waals surface area contributed by atoms with Crippen molar-refractivity contribution in [1.82, 2.24) is 29.7 Å². The summed E-state index contributed by atoms with van der Waals surface area (Å²) < 4.78 is 12.0. The number of hydrogen-bond acceptors (Lipinski definition) is 6. The molecule has 0 bridgehead atoms. The van der Waals surface area contributed by atoms with Crippen molar-refractivity contribution in [3.8, 4) is 34.3 Å². The van der Waals surface area contributed by atoms with Gasteiger partial charge in [0.05, 0.1) is 35.3 Å². The highest BCUT2D eigenvalue weighted by atomic mass is 16.5. The second-order valence-corrected chi connectivity index (χ2v) is 12.2. The Labute approximate surface area is 263 Å². The second-order valence-electron chi connectivity index (χ2n) is 12.2. The van der Waals surface area contributed by atoms with Gasteiger partial charge in [-0.2, -0.15) is 0 Å². The van der Waals surface area contributed by atoms with Gasteiger partial charge in [0.2, 0.25) is 0 Å². The molecule has 0 radical (unpaired) electrons. The fourth-order valence-corrected chi connectivity index (χ4v) is 5.36. The molecule has 0 aliphatic carbocycles. The quantitative estimate of drug-likeness (QED) is 0.0994. The molecule has 5 rings (SSSR count). The summed E-state index contributed by atoms with van der Waals surface area (Å²) in [5.41, 5.74) is 5.87. The molecule has 0 amide bonds. The van der Waals surface area contributed by atoms with E-state index in [0.717, 1.165) is 95.5 Å². The molecule has 44 heavy (non-hydrogen) atoms. The molecular weight excluding hydrogens is 548 g/mol. The van der Waals surface area contributed by atoms with Crippen molar-refractivity contribution in [3.63, 3.8) is 0 Å². The molecule has 0 aliphatic rings. The van der Waals surface area contributed by atoms with Crippen LogP contribution < -0.4 is 9.47 Å². The number of nitrogens with one attached hydrogen (secondary N) is 2. The zero-order chi connectivity index (χ0) is 30.7. The summed E-state index contributed by atoms with van der Waals surface area (Å²) >= 11 is 0. The Morgan fingerprint density at radius 3 is 1.36 bits per heavy atom. The van der Waals surface area contributed by atoms with Crippen LogP contribution in [0.3, 0.4) is 0 Å². The van der Waals surface area contributed by atoms with Gasteiger partial charge in [-0.25, -0.2) is 9.97 Å². The highest BCUT2D eigenvalue weighted by Gasteiger charge is 2.10. The zero-order valence-corrected chi connectivity index (χ0v) is 26.9. The first-order chi connectivity index (χ1) is 21.4. The maximum atomic E-state index is 6.02. The third-order valence-corrected chi connectivity index (χ3v) is 7.88. The van der Waals surface area contributed by atoms with Crippen molar-refractivity contribution >= 4 is 22.1 Å². The van der Waals surface area contributed by atoms with Crippen LogP contribution in [0, 0.1) is 0 Å². The minimum atomic E-state index is 0. The number of unbranched alkanes of at least 4 members (excludes halogenated alkanes) is 6. The van der Waals surface area contributed by atoms with E-state index < -0.39 is 0 Å². The molecule has 5 aromatic rings. The maximum absolute atomic E-state index is 6.02. The number of hydrogen-bond donors (Lipinski definition) is 2. The largest absolute Gasteiger partial charge is 0.494 e. The van der Waals surface area contributed by atoms with Crippen LogP contribution in [0.15, 0.2) is 60.7 Å². The first-order valence-electron chi connectivity index (χ1n) is 16.1. The molecule has 0 fully saturated rings. The highest BCUT2D eigenvalue weighted by Crippen LogP contribution is 2.28. The van der Waals surface area contributed by atoms with Crippen LogP contribution in [0.4, 0.5) is 0 Å². The minimum absolute atomic E-state index is 0. The SMILES string of the molecule is CN(C)CCCCCCOc1ccc2nc(-c3ccc(-c4nc5ccc(OCCCCCCN(C)C)cc5[nH]4)cc3)[nH]c2c1.[HH]. The first kappa shape index (κ1) is 31.5. The second kappa shape index (κ2) is 15.7. The summed E-state index contributed by atoms with van der Waals surface area (Å²) in [4.78, 5) is 21.0. The number of H-pyrrole nitrogens is 2. The fraction of sp³-hybridized carbons (Fsp3) is 0.444. The molecule has 2 heterocycles. The van der Waals surface area contributed by atoms with Gasteiger partial charge in [0.1, 0.15) is 23.1 Å². The monoisotopic (exact) mass is 598 g/mol. The van der Waals surface area contributed by atoms with Crippen molar-refractivity contribution in [1.29, 1.82) is 0 Å². The predicted molar refractivity (Wildman–Crippen MR) is 184 cm³/mol. The van der Waals surface area contributed by atoms with Crippen molar-refractivity contribution in [2.75, 3.05) is 54.5 Å². The Balaban J connectivity index is 0.00000461. The maximum Gasteiger partial charge on any atom is 0.138 e. The number of aromatic nitrogens is 4. The zero-order valence-electron chi connectivity index (χ0n) is 26.9. The molecule has 0 aliphatic heterocycles. The standard InChI is InChI=1S/C36H48N6O2.H2/c1-41(2)21-9-5-7-11-23-43-29-17-19-31-33(25-29)39-35(37-31)27-13-15-28(16-14-27)36-38-32-20-18-30(26-34(32)40-36)44-24-12-8-6-10-22-42(3)4;/h13-20,25-26H,5-12,21-24H2,1-4H3,(H,37,39)(H,38,40);1H. The van der Waals surface area contributed by atoms with Gasteiger partial charge in [0.15, 0.2) is 0 Å². The molecule has 8 heteroatoms. The Hall–Kier alpha value is -3.88. The van der Waals surface area contributed by atoms with Crippen LogP contribution in [0.25, 0.3) is 44.8 Å². The molecule has 0 unspecified atom stereocenters. The van der Waals surface area contributed by atoms with E-state index in [0.29, 0.717) is 0 Å². The molecule has 2 N–H and O–H groups in total. The van der Waals surface area contributed by atoms with Crippen LogP contribution in [0.1, 0.15) is 52.8 Å². The van der Waals surface area contributed by atoms with Gasteiger partial charge in [-0.15, -0.1) is 0 Å². The lowest BCUT2D eigenvalue weighted by atomic mass is 10.1. The van der Waals surface area contributed by atoms with Gasteiger partial charge in [-0.05, 0) is 91.2 Å². The number of ether oxygens (including phenoxy) is 2. The van der Waals surface area contributed by atoms with Gasteiger partial charge >= 0.3 is 0 Å². The number of imidazole rings is 2. The average molecular weight is 599 g/mol. The summed E-state index contributed by atoms with van der Waals surface area (Å²) in [6.07, 6.45) is 9.51. The number of rotatable bonds is 18. The highest BCUT2D eigenvalue weighted by molar-refractivity contribution is 5.82. The molecule has 8 nitrogen and oxygen atoms in total. The van der Waals surface area contributed by atoms with Crippen LogP contribution >= 0.6 is 0 Å². The smallest absolute Gasteiger partial charge is 0.138 e. The average Bonchev–Trinajstić information content (AvgIpc) is 3.64. The van der Waals surface area contributed by atoms with E-state index in [4.69, 9.17) is 19.4 Å². The lowest BCUT2D eigenvalue weighted by Crippen LogP contribution is -2.12. The molecule has 3 aromatic carbocycles. The van der Waals surface area contributed by atoms with E-state index in [1.807, 2.05) is 36.4 Å². The number of aromatic amines is 2. The van der Waals surface area contributed by atoms with Gasteiger partial charge in [0.25, 0.3) is 0 Å². The van der Waals surface area contributed by atoms with Crippen LogP contribution in [0.2, 0.25) is 0 Å². The summed E-state index contributed by atoms with van der Waals surface area (Å²) in [5.74, 6) is 3.44. The normalized spacial score (nSPS) is 11.8. The first-order valence-corrected chi connectivity index (χ1v) is 16.1. The Kier molecular flexibility index (Phi) is 11.3. The van der Waals surface area contributed by atoms with Crippen LogP contribution in [-0.2, 0) is 0 Å². The predicted octanol–water partition coefficient (Wildman–Crippen LogP) is 8.02. The topological polar surface area (TPSA) is 82.3 Å². The summed E-state index contributed by atoms with van der Waals surface area (Å²) in [6, 6.07) is 20.5. The van der Waals surface area contributed by atoms with E-state index in [2.05, 4.69) is 72.2 Å². The number of benzene rings is 3. The van der Waals surface area contributed by atoms with E-state index in [-0.39, 0.29) is 1.43 Å². The lowest BCUT2D eigenvalue weighted by Gasteiger charge is -2.09. The molecule has 0 atom stereocenters. The molecule has 2 aromatic heterocycles. The van der Waals surface area contributed by atoms with Crippen LogP contribution in [0.5, 0.6) is 11.5 Å². The van der Waals surface area contributed by atoms with Crippen molar-refractivity contribution in [2.24, 2.45) is 0 Å². The molecular formula is C36H50N6O2. The number of fused-ring (bicyclic) bond motifs is 2. The van der Waals surface area contributed by atoms with Gasteiger partial charge in [-0.1, -0.05) is 49.9 Å². The molecule has 0 saturated heterocycles. The molecule has 236 valence electrons. The van der Waals surface area contributed by atoms with E-state index in [1.165, 1.54) is 38.5 Å². The Bertz CT molecular complexity index is 1480. The van der Waals surface area contributed by atoms with Gasteiger partial charge < -0.3 is 29.2 Å². The molecule has 0 saturated carbocycles. The Morgan fingerprint density at radius 2 is 0.955 bits per heavy atom. The van der Waals surface area contributed by atoms with Gasteiger partial charge in [-0.3, -0.25) is 0 Å². The summed E-state index contributed by atoms with van der Waals surface area (Å²) in [5, 5.41) is 0. The van der Waals surface area contributed by atoms with E-state index in [1.54, 1.807) is 0 Å². The van der Waals surface area contributed by atoms with E-state index in [9.17, 15) is 0 Å². The summed E-state index contributed by atoms with van der Waals surface area (Å²) in [7, 11) is 8.50. The van der Waals surface area contributed by atoms with Crippen molar-refractivity contribution in [2.45, 2.75) is 51.4 Å². The lowest BCUT2D eigenvalue weighted by molar-refractivity contribution is 0.302. The summed E-state index contributed by atoms with van der Waals surface area (Å²) in [6.45, 7) is 3.78. The van der Waals surface area contributed by atoms with Crippen molar-refractivity contribution in [3.05, 3.63) is 60.7 Å². The third kappa shape index (κ3) is 9.07. The minimum Gasteiger partial charge on any atom is -0.494 e.